The van der Waals surface area contributed by atoms with Crippen LogP contribution >= 0.6 is 0 Å². The molecule has 0 radical (unpaired) electrons. The molecule has 8 heteroatoms. The van der Waals surface area contributed by atoms with Crippen molar-refractivity contribution in [2.45, 2.75) is 13.0 Å². The number of benzene rings is 2. The molecule has 5 rings (SSSR count). The van der Waals surface area contributed by atoms with E-state index in [2.05, 4.69) is 5.10 Å². The van der Waals surface area contributed by atoms with Gasteiger partial charge < -0.3 is 19.6 Å². The molecule has 1 amide bonds. The SMILES string of the molecule is Cc1c(C([O-])=C2C(=O)C(=O)N(CC[NH+]3CCOCC3)C2c2ccccc2)cnn1-c1ccccc1. The number of Topliss-reactive ketones (excluding diaryl/α,β-unsaturated/α-hetero) is 1. The van der Waals surface area contributed by atoms with E-state index in [4.69, 9.17) is 4.74 Å². The monoisotopic (exact) mass is 472 g/mol. The summed E-state index contributed by atoms with van der Waals surface area (Å²) < 4.78 is 7.10. The third-order valence-electron chi connectivity index (χ3n) is 6.81. The maximum atomic E-state index is 13.8. The van der Waals surface area contributed by atoms with Gasteiger partial charge >= 0.3 is 0 Å². The summed E-state index contributed by atoms with van der Waals surface area (Å²) in [5.41, 5.74) is 2.51. The normalized spacial score (nSPS) is 20.5. The van der Waals surface area contributed by atoms with Gasteiger partial charge in [0.15, 0.2) is 0 Å². The Morgan fingerprint density at radius 2 is 1.71 bits per heavy atom. The number of likely N-dealkylation sites (tertiary alicyclic amines) is 1. The maximum Gasteiger partial charge on any atom is 0.295 e. The van der Waals surface area contributed by atoms with Crippen LogP contribution in [0.3, 0.4) is 0 Å². The average Bonchev–Trinajstić information content (AvgIpc) is 3.41. The van der Waals surface area contributed by atoms with E-state index in [9.17, 15) is 14.7 Å². The number of carbonyl (C=O) groups is 2. The highest BCUT2D eigenvalue weighted by molar-refractivity contribution is 6.46. The first-order chi connectivity index (χ1) is 17.1. The van der Waals surface area contributed by atoms with Crippen LogP contribution in [0.2, 0.25) is 0 Å². The summed E-state index contributed by atoms with van der Waals surface area (Å²) >= 11 is 0. The van der Waals surface area contributed by atoms with E-state index in [1.54, 1.807) is 16.5 Å². The number of para-hydroxylation sites is 1. The Labute approximate surface area is 204 Å². The Bertz CT molecular complexity index is 1250. The van der Waals surface area contributed by atoms with Gasteiger partial charge in [0.05, 0.1) is 44.2 Å². The third kappa shape index (κ3) is 4.38. The van der Waals surface area contributed by atoms with Crippen molar-refractivity contribution in [1.82, 2.24) is 14.7 Å². The van der Waals surface area contributed by atoms with Crippen molar-refractivity contribution in [3.8, 4) is 5.69 Å². The van der Waals surface area contributed by atoms with Gasteiger partial charge in [-0.25, -0.2) is 4.68 Å². The summed E-state index contributed by atoms with van der Waals surface area (Å²) in [5, 5.41) is 18.2. The van der Waals surface area contributed by atoms with E-state index in [0.29, 0.717) is 37.6 Å². The number of nitrogens with one attached hydrogen (secondary N) is 1. The quantitative estimate of drug-likeness (QED) is 0.317. The van der Waals surface area contributed by atoms with E-state index >= 15 is 0 Å². The van der Waals surface area contributed by atoms with Crippen LogP contribution in [0.1, 0.15) is 22.9 Å². The summed E-state index contributed by atoms with van der Waals surface area (Å²) in [4.78, 5) is 29.3. The van der Waals surface area contributed by atoms with Crippen LogP contribution in [0.5, 0.6) is 0 Å². The van der Waals surface area contributed by atoms with E-state index < -0.39 is 23.5 Å². The topological polar surface area (TPSA) is 91.9 Å². The molecular formula is C27H28N4O4. The molecule has 0 spiro atoms. The molecule has 1 N–H and O–H groups in total. The maximum absolute atomic E-state index is 13.8. The lowest BCUT2D eigenvalue weighted by Gasteiger charge is -2.30. The van der Waals surface area contributed by atoms with E-state index in [-0.39, 0.29) is 5.57 Å². The number of carbonyl (C=O) groups excluding carboxylic acids is 2. The lowest BCUT2D eigenvalue weighted by Crippen LogP contribution is -3.14. The number of ether oxygens (including phenoxy) is 1. The lowest BCUT2D eigenvalue weighted by molar-refractivity contribution is -0.907. The zero-order valence-electron chi connectivity index (χ0n) is 19.6. The van der Waals surface area contributed by atoms with Crippen LogP contribution in [-0.4, -0.2) is 65.8 Å². The highest BCUT2D eigenvalue weighted by Gasteiger charge is 2.44. The standard InChI is InChI=1S/C27H28N4O4/c1-19-22(18-28-31(19)21-10-6-3-7-11-21)25(32)23-24(20-8-4-2-5-9-20)30(27(34)26(23)33)13-12-29-14-16-35-17-15-29/h2-11,18,24,32H,12-17H2,1H3. The van der Waals surface area contributed by atoms with Crippen LogP contribution in [0.25, 0.3) is 11.4 Å². The second-order valence-electron chi connectivity index (χ2n) is 8.89. The van der Waals surface area contributed by atoms with Gasteiger partial charge in [-0.1, -0.05) is 54.3 Å². The van der Waals surface area contributed by atoms with Crippen molar-refractivity contribution in [1.29, 1.82) is 0 Å². The number of ketones is 1. The Morgan fingerprint density at radius 3 is 2.40 bits per heavy atom. The van der Waals surface area contributed by atoms with Gasteiger partial charge in [-0.05, 0) is 24.6 Å². The molecule has 2 aliphatic rings. The molecule has 2 aromatic carbocycles. The van der Waals surface area contributed by atoms with Gasteiger partial charge in [0, 0.05) is 16.8 Å². The molecular weight excluding hydrogens is 444 g/mol. The summed E-state index contributed by atoms with van der Waals surface area (Å²) in [6.45, 7) is 5.97. The summed E-state index contributed by atoms with van der Waals surface area (Å²) in [6.07, 6.45) is 1.48. The Kier molecular flexibility index (Phi) is 6.48. The van der Waals surface area contributed by atoms with Gasteiger partial charge in [-0.3, -0.25) is 9.59 Å². The Balaban J connectivity index is 1.54. The van der Waals surface area contributed by atoms with Gasteiger partial charge in [0.25, 0.3) is 5.91 Å². The minimum atomic E-state index is -0.729. The van der Waals surface area contributed by atoms with Gasteiger partial charge in [0.1, 0.15) is 13.1 Å². The van der Waals surface area contributed by atoms with Crippen molar-refractivity contribution in [3.05, 3.63) is 89.3 Å². The van der Waals surface area contributed by atoms with E-state index in [1.807, 2.05) is 60.7 Å². The molecule has 0 bridgehead atoms. The molecule has 3 heterocycles. The van der Waals surface area contributed by atoms with E-state index in [1.165, 1.54) is 11.1 Å². The number of hydrogen-bond acceptors (Lipinski definition) is 5. The number of quaternary nitrogens is 1. The molecule has 2 saturated heterocycles. The molecule has 35 heavy (non-hydrogen) atoms. The highest BCUT2D eigenvalue weighted by Crippen LogP contribution is 2.38. The van der Waals surface area contributed by atoms with Crippen molar-refractivity contribution in [2.24, 2.45) is 0 Å². The molecule has 0 saturated carbocycles. The smallest absolute Gasteiger partial charge is 0.295 e. The third-order valence-corrected chi connectivity index (χ3v) is 6.81. The zero-order valence-corrected chi connectivity index (χ0v) is 19.6. The molecule has 1 aromatic heterocycles. The first-order valence-corrected chi connectivity index (χ1v) is 11.9. The van der Waals surface area contributed by atoms with Crippen molar-refractivity contribution in [2.75, 3.05) is 39.4 Å². The van der Waals surface area contributed by atoms with Gasteiger partial charge in [-0.15, -0.1) is 0 Å². The van der Waals surface area contributed by atoms with Crippen molar-refractivity contribution in [3.63, 3.8) is 0 Å². The number of morpholine rings is 1. The number of hydrogen-bond donors (Lipinski definition) is 1. The molecule has 1 atom stereocenters. The van der Waals surface area contributed by atoms with Crippen LogP contribution in [0.15, 0.2) is 72.4 Å². The zero-order chi connectivity index (χ0) is 24.4. The first-order valence-electron chi connectivity index (χ1n) is 11.9. The largest absolute Gasteiger partial charge is 0.872 e. The van der Waals surface area contributed by atoms with Gasteiger partial charge in [-0.2, -0.15) is 5.10 Å². The predicted molar refractivity (Wildman–Crippen MR) is 128 cm³/mol. The predicted octanol–water partition coefficient (Wildman–Crippen LogP) is 0.320. The molecule has 1 unspecified atom stereocenters. The lowest BCUT2D eigenvalue weighted by atomic mass is 9.95. The Hall–Kier alpha value is -3.75. The Morgan fingerprint density at radius 1 is 1.06 bits per heavy atom. The second-order valence-corrected chi connectivity index (χ2v) is 8.89. The number of aromatic nitrogens is 2. The number of nitrogens with zero attached hydrogens (tertiary/aromatic N) is 3. The van der Waals surface area contributed by atoms with Crippen LogP contribution in [-0.2, 0) is 14.3 Å². The van der Waals surface area contributed by atoms with Crippen LogP contribution < -0.4 is 10.0 Å². The van der Waals surface area contributed by atoms with Crippen LogP contribution in [0, 0.1) is 6.92 Å². The average molecular weight is 473 g/mol. The minimum Gasteiger partial charge on any atom is -0.872 e. The van der Waals surface area contributed by atoms with Gasteiger partial charge in [0.2, 0.25) is 5.78 Å². The van der Waals surface area contributed by atoms with Crippen molar-refractivity contribution < 1.29 is 24.3 Å². The summed E-state index contributed by atoms with van der Waals surface area (Å²) in [5.74, 6) is -1.80. The molecule has 8 nitrogen and oxygen atoms in total. The fourth-order valence-corrected chi connectivity index (χ4v) is 4.88. The molecule has 180 valence electrons. The second kappa shape index (κ2) is 9.85. The molecule has 2 fully saturated rings. The molecule has 2 aliphatic heterocycles. The number of rotatable bonds is 6. The van der Waals surface area contributed by atoms with Crippen LogP contribution in [0.4, 0.5) is 0 Å². The first kappa shape index (κ1) is 23.0. The highest BCUT2D eigenvalue weighted by atomic mass is 16.5. The number of amides is 1. The molecule has 0 aliphatic carbocycles. The fourth-order valence-electron chi connectivity index (χ4n) is 4.88. The summed E-state index contributed by atoms with van der Waals surface area (Å²) in [7, 11) is 0. The summed E-state index contributed by atoms with van der Waals surface area (Å²) in [6, 6.07) is 18.1. The minimum absolute atomic E-state index is 0.00566. The fraction of sp³-hybridized carbons (Fsp3) is 0.296. The van der Waals surface area contributed by atoms with Crippen molar-refractivity contribution >= 4 is 17.4 Å². The van der Waals surface area contributed by atoms with E-state index in [0.717, 1.165) is 24.3 Å². The molecule has 3 aromatic rings.